The molecule has 1 heterocycles. The van der Waals surface area contributed by atoms with Crippen LogP contribution in [0.3, 0.4) is 0 Å². The summed E-state index contributed by atoms with van der Waals surface area (Å²) >= 11 is 0. The van der Waals surface area contributed by atoms with Gasteiger partial charge in [0.25, 0.3) is 0 Å². The van der Waals surface area contributed by atoms with E-state index in [1.54, 1.807) is 7.05 Å². The second-order valence-corrected chi connectivity index (χ2v) is 6.23. The highest BCUT2D eigenvalue weighted by Gasteiger charge is 2.22. The van der Waals surface area contributed by atoms with E-state index < -0.39 is 0 Å². The second-order valence-electron chi connectivity index (χ2n) is 6.23. The maximum Gasteiger partial charge on any atom is 0.191 e. The molecule has 1 unspecified atom stereocenters. The van der Waals surface area contributed by atoms with E-state index in [4.69, 9.17) is 9.47 Å². The molecule has 0 spiro atoms. The first kappa shape index (κ1) is 21.0. The Bertz CT molecular complexity index is 484. The Morgan fingerprint density at radius 2 is 2.08 bits per heavy atom. The van der Waals surface area contributed by atoms with E-state index in [2.05, 4.69) is 41.6 Å². The number of rotatable bonds is 8. The molecule has 1 aliphatic rings. The molecule has 0 fully saturated rings. The monoisotopic (exact) mass is 447 g/mol. The van der Waals surface area contributed by atoms with Gasteiger partial charge in [-0.05, 0) is 24.0 Å². The zero-order chi connectivity index (χ0) is 16.5. The predicted octanol–water partition coefficient (Wildman–Crippen LogP) is 2.84. The maximum atomic E-state index is 5.91. The zero-order valence-electron chi connectivity index (χ0n) is 14.9. The number of nitrogens with zero attached hydrogens (tertiary/aromatic N) is 1. The number of nitrogens with one attached hydrogen (secondary N) is 2. The van der Waals surface area contributed by atoms with Gasteiger partial charge in [0.15, 0.2) is 5.96 Å². The number of aliphatic imine (C=N–C) groups is 1. The average Bonchev–Trinajstić information content (AvgIpc) is 2.96. The summed E-state index contributed by atoms with van der Waals surface area (Å²) in [5, 5.41) is 6.57. The minimum Gasteiger partial charge on any atom is -0.488 e. The van der Waals surface area contributed by atoms with E-state index in [9.17, 15) is 0 Å². The van der Waals surface area contributed by atoms with Crippen molar-refractivity contribution in [3.63, 3.8) is 0 Å². The molecule has 0 bridgehead atoms. The third kappa shape index (κ3) is 7.25. The van der Waals surface area contributed by atoms with Crippen LogP contribution in [0.1, 0.15) is 25.8 Å². The molecule has 5 nitrogen and oxygen atoms in total. The number of hydrogen-bond donors (Lipinski definition) is 2. The van der Waals surface area contributed by atoms with Crippen LogP contribution in [0, 0.1) is 5.92 Å². The Balaban J connectivity index is 0.00000288. The summed E-state index contributed by atoms with van der Waals surface area (Å²) in [6.07, 6.45) is 2.21. The van der Waals surface area contributed by atoms with Crippen LogP contribution >= 0.6 is 24.0 Å². The van der Waals surface area contributed by atoms with Crippen molar-refractivity contribution in [3.8, 4) is 5.75 Å². The van der Waals surface area contributed by atoms with E-state index >= 15 is 0 Å². The van der Waals surface area contributed by atoms with Gasteiger partial charge in [0.05, 0.1) is 13.2 Å². The van der Waals surface area contributed by atoms with Crippen LogP contribution in [0.4, 0.5) is 0 Å². The molecule has 0 aliphatic carbocycles. The SMILES string of the molecule is CN=C(NCCOCCC(C)C)NCC1Cc2ccccc2O1.I. The third-order valence-electron chi connectivity index (χ3n) is 3.81. The number of para-hydroxylation sites is 1. The van der Waals surface area contributed by atoms with Gasteiger partial charge in [0, 0.05) is 26.6 Å². The molecule has 0 saturated carbocycles. The van der Waals surface area contributed by atoms with E-state index in [-0.39, 0.29) is 30.1 Å². The lowest BCUT2D eigenvalue weighted by Gasteiger charge is -2.15. The Morgan fingerprint density at radius 1 is 1.29 bits per heavy atom. The number of ether oxygens (including phenoxy) is 2. The minimum atomic E-state index is 0. The summed E-state index contributed by atoms with van der Waals surface area (Å²) in [5.41, 5.74) is 1.28. The highest BCUT2D eigenvalue weighted by molar-refractivity contribution is 14.0. The molecular formula is C18H30IN3O2. The van der Waals surface area contributed by atoms with Gasteiger partial charge in [-0.2, -0.15) is 0 Å². The fourth-order valence-corrected chi connectivity index (χ4v) is 2.46. The van der Waals surface area contributed by atoms with Crippen molar-refractivity contribution in [2.24, 2.45) is 10.9 Å². The Morgan fingerprint density at radius 3 is 2.79 bits per heavy atom. The molecule has 1 atom stereocenters. The molecule has 6 heteroatoms. The van der Waals surface area contributed by atoms with E-state index in [0.29, 0.717) is 12.5 Å². The molecule has 0 saturated heterocycles. The normalized spacial score (nSPS) is 16.3. The van der Waals surface area contributed by atoms with Crippen LogP contribution in [0.5, 0.6) is 5.75 Å². The number of halogens is 1. The first-order valence-electron chi connectivity index (χ1n) is 8.46. The van der Waals surface area contributed by atoms with Crippen molar-refractivity contribution in [2.75, 3.05) is 33.4 Å². The molecule has 1 aromatic carbocycles. The Labute approximate surface area is 162 Å². The fraction of sp³-hybridized carbons (Fsp3) is 0.611. The van der Waals surface area contributed by atoms with Gasteiger partial charge < -0.3 is 20.1 Å². The van der Waals surface area contributed by atoms with Crippen molar-refractivity contribution >= 4 is 29.9 Å². The number of hydrogen-bond acceptors (Lipinski definition) is 3. The van der Waals surface area contributed by atoms with Gasteiger partial charge in [-0.1, -0.05) is 32.0 Å². The van der Waals surface area contributed by atoms with Crippen LogP contribution in [-0.4, -0.2) is 45.4 Å². The van der Waals surface area contributed by atoms with Crippen molar-refractivity contribution in [3.05, 3.63) is 29.8 Å². The van der Waals surface area contributed by atoms with Crippen LogP contribution in [-0.2, 0) is 11.2 Å². The average molecular weight is 447 g/mol. The van der Waals surface area contributed by atoms with Crippen molar-refractivity contribution < 1.29 is 9.47 Å². The van der Waals surface area contributed by atoms with Gasteiger partial charge in [0.2, 0.25) is 0 Å². The number of guanidine groups is 1. The highest BCUT2D eigenvalue weighted by atomic mass is 127. The lowest BCUT2D eigenvalue weighted by molar-refractivity contribution is 0.128. The Hall–Kier alpha value is -1.02. The van der Waals surface area contributed by atoms with Gasteiger partial charge in [-0.25, -0.2) is 0 Å². The van der Waals surface area contributed by atoms with Crippen LogP contribution in [0.2, 0.25) is 0 Å². The Kier molecular flexibility index (Phi) is 10.1. The summed E-state index contributed by atoms with van der Waals surface area (Å²) in [7, 11) is 1.78. The van der Waals surface area contributed by atoms with Crippen molar-refractivity contribution in [1.82, 2.24) is 10.6 Å². The van der Waals surface area contributed by atoms with Gasteiger partial charge in [0.1, 0.15) is 11.9 Å². The van der Waals surface area contributed by atoms with Crippen LogP contribution in [0.15, 0.2) is 29.3 Å². The van der Waals surface area contributed by atoms with Crippen LogP contribution in [0.25, 0.3) is 0 Å². The molecule has 2 rings (SSSR count). The lowest BCUT2D eigenvalue weighted by Crippen LogP contribution is -2.43. The molecule has 2 N–H and O–H groups in total. The summed E-state index contributed by atoms with van der Waals surface area (Å²) < 4.78 is 11.5. The predicted molar refractivity (Wildman–Crippen MR) is 110 cm³/mol. The summed E-state index contributed by atoms with van der Waals surface area (Å²) in [6, 6.07) is 8.21. The van der Waals surface area contributed by atoms with E-state index in [1.807, 2.05) is 12.1 Å². The number of fused-ring (bicyclic) bond motifs is 1. The molecular weight excluding hydrogens is 417 g/mol. The largest absolute Gasteiger partial charge is 0.488 e. The molecule has 1 aliphatic heterocycles. The molecule has 0 aromatic heterocycles. The summed E-state index contributed by atoms with van der Waals surface area (Å²) in [4.78, 5) is 4.23. The van der Waals surface area contributed by atoms with Crippen LogP contribution < -0.4 is 15.4 Å². The lowest BCUT2D eigenvalue weighted by atomic mass is 10.1. The van der Waals surface area contributed by atoms with Crippen molar-refractivity contribution in [2.45, 2.75) is 32.8 Å². The first-order chi connectivity index (χ1) is 11.2. The van der Waals surface area contributed by atoms with E-state index in [0.717, 1.165) is 44.2 Å². The molecule has 24 heavy (non-hydrogen) atoms. The minimum absolute atomic E-state index is 0. The van der Waals surface area contributed by atoms with Crippen molar-refractivity contribution in [1.29, 1.82) is 0 Å². The summed E-state index contributed by atoms with van der Waals surface area (Å²) in [5.74, 6) is 2.48. The van der Waals surface area contributed by atoms with E-state index in [1.165, 1.54) is 5.56 Å². The summed E-state index contributed by atoms with van der Waals surface area (Å²) in [6.45, 7) is 7.41. The molecule has 1 aromatic rings. The number of benzene rings is 1. The van der Waals surface area contributed by atoms with Gasteiger partial charge in [-0.3, -0.25) is 4.99 Å². The molecule has 0 amide bonds. The quantitative estimate of drug-likeness (QED) is 0.279. The second kappa shape index (κ2) is 11.5. The zero-order valence-corrected chi connectivity index (χ0v) is 17.2. The highest BCUT2D eigenvalue weighted by Crippen LogP contribution is 2.27. The molecule has 0 radical (unpaired) electrons. The standard InChI is InChI=1S/C18H29N3O2.HI/c1-14(2)8-10-22-11-9-20-18(19-3)21-13-16-12-15-6-4-5-7-17(15)23-16;/h4-7,14,16H,8-13H2,1-3H3,(H2,19,20,21);1H. The third-order valence-corrected chi connectivity index (χ3v) is 3.81. The maximum absolute atomic E-state index is 5.91. The molecule has 136 valence electrons. The van der Waals surface area contributed by atoms with Gasteiger partial charge >= 0.3 is 0 Å². The topological polar surface area (TPSA) is 54.9 Å². The fourth-order valence-electron chi connectivity index (χ4n) is 2.46. The van der Waals surface area contributed by atoms with Gasteiger partial charge in [-0.15, -0.1) is 24.0 Å². The first-order valence-corrected chi connectivity index (χ1v) is 8.46. The smallest absolute Gasteiger partial charge is 0.191 e.